The minimum Gasteiger partial charge on any atom is -0.436 e. The molecule has 0 aliphatic carbocycles. The Kier molecular flexibility index (Phi) is 7.81. The number of rotatable bonds is 7. The third kappa shape index (κ3) is 5.78. The van der Waals surface area contributed by atoms with Crippen molar-refractivity contribution in [3.05, 3.63) is 206 Å². The number of fused-ring (bicyclic) bond motifs is 4. The molecule has 0 saturated carbocycles. The van der Waals surface area contributed by atoms with E-state index in [9.17, 15) is 0 Å². The first kappa shape index (κ1) is 31.5. The Balaban J connectivity index is 1.11. The highest BCUT2D eigenvalue weighted by Crippen LogP contribution is 2.41. The first-order chi connectivity index (χ1) is 26.7. The van der Waals surface area contributed by atoms with E-state index in [1.54, 1.807) is 0 Å². The topological polar surface area (TPSA) is 29.3 Å². The summed E-state index contributed by atoms with van der Waals surface area (Å²) in [7, 11) is 0. The van der Waals surface area contributed by atoms with Crippen molar-refractivity contribution in [3.8, 4) is 44.8 Å². The summed E-state index contributed by atoms with van der Waals surface area (Å²) in [6.07, 6.45) is 0. The van der Waals surface area contributed by atoms with Crippen molar-refractivity contribution in [2.75, 3.05) is 4.90 Å². The lowest BCUT2D eigenvalue weighted by molar-refractivity contribution is 0.620. The molecule has 0 bridgehead atoms. The Morgan fingerprint density at radius 3 is 1.69 bits per heavy atom. The Morgan fingerprint density at radius 2 is 0.926 bits per heavy atom. The van der Waals surface area contributed by atoms with Crippen LogP contribution in [0.1, 0.15) is 0 Å². The lowest BCUT2D eigenvalue weighted by atomic mass is 9.95. The van der Waals surface area contributed by atoms with Gasteiger partial charge in [0.25, 0.3) is 0 Å². The van der Waals surface area contributed by atoms with Gasteiger partial charge >= 0.3 is 0 Å². The lowest BCUT2D eigenvalue weighted by Crippen LogP contribution is -2.10. The fourth-order valence-corrected chi connectivity index (χ4v) is 7.58. The molecule has 254 valence electrons. The zero-order valence-corrected chi connectivity index (χ0v) is 29.4. The van der Waals surface area contributed by atoms with Crippen molar-refractivity contribution in [2.24, 2.45) is 0 Å². The van der Waals surface area contributed by atoms with E-state index in [2.05, 4.69) is 175 Å². The smallest absolute Gasteiger partial charge is 0.227 e. The van der Waals surface area contributed by atoms with Crippen molar-refractivity contribution < 1.29 is 4.42 Å². The summed E-state index contributed by atoms with van der Waals surface area (Å²) in [4.78, 5) is 7.40. The second-order valence-electron chi connectivity index (χ2n) is 13.6. The van der Waals surface area contributed by atoms with Gasteiger partial charge in [0, 0.05) is 28.0 Å². The number of oxazole rings is 1. The van der Waals surface area contributed by atoms with Crippen LogP contribution in [0.3, 0.4) is 0 Å². The van der Waals surface area contributed by atoms with Gasteiger partial charge in [-0.15, -0.1) is 0 Å². The minimum atomic E-state index is 0.629. The maximum absolute atomic E-state index is 6.30. The Morgan fingerprint density at radius 1 is 0.352 bits per heavy atom. The second kappa shape index (κ2) is 13.4. The monoisotopic (exact) mass is 690 g/mol. The fourth-order valence-electron chi connectivity index (χ4n) is 7.58. The molecule has 3 heteroatoms. The molecular formula is C51H34N2O. The van der Waals surface area contributed by atoms with Crippen molar-refractivity contribution in [3.63, 3.8) is 0 Å². The Bertz CT molecular complexity index is 2920. The van der Waals surface area contributed by atoms with Crippen LogP contribution in [0.25, 0.3) is 77.5 Å². The van der Waals surface area contributed by atoms with Gasteiger partial charge in [-0.3, -0.25) is 0 Å². The number of anilines is 3. The van der Waals surface area contributed by atoms with E-state index in [0.29, 0.717) is 5.89 Å². The number of aromatic nitrogens is 1. The van der Waals surface area contributed by atoms with Gasteiger partial charge in [0.15, 0.2) is 5.58 Å². The van der Waals surface area contributed by atoms with Crippen LogP contribution in [0, 0.1) is 0 Å². The molecule has 10 aromatic rings. The number of hydrogen-bond donors (Lipinski definition) is 0. The molecule has 54 heavy (non-hydrogen) atoms. The van der Waals surface area contributed by atoms with Crippen LogP contribution >= 0.6 is 0 Å². The summed E-state index contributed by atoms with van der Waals surface area (Å²) >= 11 is 0. The van der Waals surface area contributed by atoms with Crippen LogP contribution in [-0.4, -0.2) is 4.98 Å². The first-order valence-electron chi connectivity index (χ1n) is 18.3. The Hall–Kier alpha value is -7.23. The SMILES string of the molecule is c1ccc(-c2ccc(N(c3cccc(-c4ccccc4)c3)c3ccc4ccc(-c5cccc6ccc7oc(-c8ccccc8)nc7c56)cc4c3)cc2)cc1. The highest BCUT2D eigenvalue weighted by Gasteiger charge is 2.17. The summed E-state index contributed by atoms with van der Waals surface area (Å²) < 4.78 is 6.30. The normalized spacial score (nSPS) is 11.3. The van der Waals surface area contributed by atoms with E-state index in [4.69, 9.17) is 9.40 Å². The molecule has 0 aliphatic heterocycles. The van der Waals surface area contributed by atoms with Crippen LogP contribution in [0.4, 0.5) is 17.1 Å². The van der Waals surface area contributed by atoms with Gasteiger partial charge in [0.05, 0.1) is 0 Å². The molecule has 0 unspecified atom stereocenters. The molecule has 0 fully saturated rings. The van der Waals surface area contributed by atoms with Crippen LogP contribution in [0.2, 0.25) is 0 Å². The second-order valence-corrected chi connectivity index (χ2v) is 13.6. The standard InChI is InChI=1S/C51H34N2O/c1-4-12-35(13-5-1)37-24-28-44(29-25-37)53(45-20-10-19-41(33-45)36-14-6-2-7-15-36)46-30-26-38-22-23-42(32-43(38)34-46)47-21-11-18-39-27-31-48-50(49(39)47)52-51(54-48)40-16-8-3-9-17-40/h1-34H. The van der Waals surface area contributed by atoms with Crippen molar-refractivity contribution >= 4 is 49.7 Å². The fraction of sp³-hybridized carbons (Fsp3) is 0. The zero-order chi connectivity index (χ0) is 35.8. The van der Waals surface area contributed by atoms with E-state index < -0.39 is 0 Å². The van der Waals surface area contributed by atoms with Crippen molar-refractivity contribution in [2.45, 2.75) is 0 Å². The van der Waals surface area contributed by atoms with Gasteiger partial charge < -0.3 is 9.32 Å². The molecule has 1 heterocycles. The minimum absolute atomic E-state index is 0.629. The molecule has 0 atom stereocenters. The van der Waals surface area contributed by atoms with Crippen LogP contribution < -0.4 is 4.90 Å². The Labute approximate surface area is 314 Å². The summed E-state index contributed by atoms with van der Waals surface area (Å²) in [6.45, 7) is 0. The van der Waals surface area contributed by atoms with E-state index in [1.807, 2.05) is 36.4 Å². The van der Waals surface area contributed by atoms with E-state index >= 15 is 0 Å². The number of benzene rings is 9. The van der Waals surface area contributed by atoms with E-state index in [1.165, 1.54) is 27.6 Å². The van der Waals surface area contributed by atoms with Gasteiger partial charge in [-0.05, 0) is 110 Å². The van der Waals surface area contributed by atoms with E-state index in [0.717, 1.165) is 61.0 Å². The molecule has 0 saturated heterocycles. The summed E-state index contributed by atoms with van der Waals surface area (Å²) in [6, 6.07) is 73.0. The van der Waals surface area contributed by atoms with Gasteiger partial charge in [0.1, 0.15) is 5.52 Å². The average Bonchev–Trinajstić information content (AvgIpc) is 3.70. The number of hydrogen-bond acceptors (Lipinski definition) is 3. The van der Waals surface area contributed by atoms with Crippen molar-refractivity contribution in [1.82, 2.24) is 4.98 Å². The lowest BCUT2D eigenvalue weighted by Gasteiger charge is -2.26. The van der Waals surface area contributed by atoms with E-state index in [-0.39, 0.29) is 0 Å². The first-order valence-corrected chi connectivity index (χ1v) is 18.3. The van der Waals surface area contributed by atoms with Crippen molar-refractivity contribution in [1.29, 1.82) is 0 Å². The molecule has 9 aromatic carbocycles. The summed E-state index contributed by atoms with van der Waals surface area (Å²) in [5.41, 5.74) is 12.9. The third-order valence-electron chi connectivity index (χ3n) is 10.3. The molecule has 0 radical (unpaired) electrons. The summed E-state index contributed by atoms with van der Waals surface area (Å²) in [5, 5.41) is 4.56. The zero-order valence-electron chi connectivity index (χ0n) is 29.4. The van der Waals surface area contributed by atoms with Gasteiger partial charge in [-0.25, -0.2) is 4.98 Å². The predicted molar refractivity (Wildman–Crippen MR) is 225 cm³/mol. The third-order valence-corrected chi connectivity index (χ3v) is 10.3. The summed E-state index contributed by atoms with van der Waals surface area (Å²) in [5.74, 6) is 0.629. The van der Waals surface area contributed by atoms with Gasteiger partial charge in [-0.1, -0.05) is 146 Å². The van der Waals surface area contributed by atoms with Crippen LogP contribution in [-0.2, 0) is 0 Å². The number of nitrogens with zero attached hydrogens (tertiary/aromatic N) is 2. The molecule has 10 rings (SSSR count). The molecular weight excluding hydrogens is 657 g/mol. The molecule has 0 aliphatic rings. The van der Waals surface area contributed by atoms with Gasteiger partial charge in [-0.2, -0.15) is 0 Å². The molecule has 0 amide bonds. The molecule has 0 N–H and O–H groups in total. The molecule has 0 spiro atoms. The van der Waals surface area contributed by atoms with Gasteiger partial charge in [0.2, 0.25) is 5.89 Å². The highest BCUT2D eigenvalue weighted by atomic mass is 16.3. The van der Waals surface area contributed by atoms with Crippen LogP contribution in [0.15, 0.2) is 211 Å². The highest BCUT2D eigenvalue weighted by molar-refractivity contribution is 6.12. The molecule has 1 aromatic heterocycles. The predicted octanol–water partition coefficient (Wildman–Crippen LogP) is 14.3. The maximum atomic E-state index is 6.30. The maximum Gasteiger partial charge on any atom is 0.227 e. The quantitative estimate of drug-likeness (QED) is 0.167. The average molecular weight is 691 g/mol. The largest absolute Gasteiger partial charge is 0.436 e. The molecule has 3 nitrogen and oxygen atoms in total. The van der Waals surface area contributed by atoms with Crippen LogP contribution in [0.5, 0.6) is 0 Å².